The van der Waals surface area contributed by atoms with Gasteiger partial charge in [0.05, 0.1) is 11.6 Å². The Morgan fingerprint density at radius 2 is 1.85 bits per heavy atom. The van der Waals surface area contributed by atoms with E-state index in [0.717, 1.165) is 57.4 Å². The molecule has 1 unspecified atom stereocenters. The molecule has 0 aromatic carbocycles. The molecule has 6 heteroatoms. The van der Waals surface area contributed by atoms with Crippen molar-refractivity contribution in [3.05, 3.63) is 48.0 Å². The smallest absolute Gasteiger partial charge is 0.229 e. The molecule has 4 rings (SSSR count). The summed E-state index contributed by atoms with van der Waals surface area (Å²) in [4.78, 5) is 21.8. The molecule has 2 aliphatic rings. The third-order valence-corrected chi connectivity index (χ3v) is 5.92. The average molecular weight is 353 g/mol. The molecule has 4 heterocycles. The molecule has 0 N–H and O–H groups in total. The van der Waals surface area contributed by atoms with Gasteiger partial charge in [0.15, 0.2) is 0 Å². The predicted octanol–water partition coefficient (Wildman–Crippen LogP) is 2.22. The zero-order valence-corrected chi connectivity index (χ0v) is 15.5. The molecule has 2 aliphatic heterocycles. The van der Waals surface area contributed by atoms with Crippen molar-refractivity contribution < 1.29 is 4.79 Å². The second-order valence-corrected chi connectivity index (χ2v) is 7.76. The fourth-order valence-electron chi connectivity index (χ4n) is 4.44. The number of pyridine rings is 1. The first-order valence-electron chi connectivity index (χ1n) is 9.53. The van der Waals surface area contributed by atoms with Gasteiger partial charge in [0, 0.05) is 50.8 Å². The highest BCUT2D eigenvalue weighted by atomic mass is 16.2. The Hall–Kier alpha value is -2.21. The largest absolute Gasteiger partial charge is 0.338 e. The van der Waals surface area contributed by atoms with E-state index in [1.54, 1.807) is 12.4 Å². The van der Waals surface area contributed by atoms with Gasteiger partial charge in [-0.1, -0.05) is 0 Å². The Bertz CT molecular complexity index is 759. The van der Waals surface area contributed by atoms with Gasteiger partial charge >= 0.3 is 0 Å². The standard InChI is InChI=1S/C20H27N5O/c1-23-14-18(13-22-23)15-24-10-2-5-20(6-11-24)7-12-25(19(20)26)16-17-3-8-21-9-4-17/h3-4,8-9,13-14H,2,5-7,10-12,15-16H2,1H3. The first kappa shape index (κ1) is 17.2. The maximum atomic E-state index is 13.2. The molecule has 1 spiro atoms. The van der Waals surface area contributed by atoms with Gasteiger partial charge in [-0.2, -0.15) is 5.10 Å². The number of carbonyl (C=O) groups excluding carboxylic acids is 1. The van der Waals surface area contributed by atoms with Gasteiger partial charge in [0.2, 0.25) is 5.91 Å². The number of hydrogen-bond donors (Lipinski definition) is 0. The summed E-state index contributed by atoms with van der Waals surface area (Å²) in [5.74, 6) is 0.359. The second kappa shape index (κ2) is 7.19. The van der Waals surface area contributed by atoms with E-state index in [0.29, 0.717) is 12.5 Å². The number of amides is 1. The maximum Gasteiger partial charge on any atom is 0.229 e. The molecular weight excluding hydrogens is 326 g/mol. The van der Waals surface area contributed by atoms with Gasteiger partial charge in [-0.15, -0.1) is 0 Å². The minimum atomic E-state index is -0.142. The Kier molecular flexibility index (Phi) is 4.76. The van der Waals surface area contributed by atoms with E-state index in [9.17, 15) is 4.79 Å². The number of rotatable bonds is 4. The minimum Gasteiger partial charge on any atom is -0.338 e. The number of aromatic nitrogens is 3. The molecule has 1 atom stereocenters. The Balaban J connectivity index is 1.39. The summed E-state index contributed by atoms with van der Waals surface area (Å²) in [6.45, 7) is 4.57. The van der Waals surface area contributed by atoms with E-state index >= 15 is 0 Å². The molecule has 2 saturated heterocycles. The van der Waals surface area contributed by atoms with Crippen molar-refractivity contribution >= 4 is 5.91 Å². The first-order chi connectivity index (χ1) is 12.6. The summed E-state index contributed by atoms with van der Waals surface area (Å²) < 4.78 is 1.85. The molecule has 0 bridgehead atoms. The van der Waals surface area contributed by atoms with Gasteiger partial charge < -0.3 is 4.90 Å². The number of carbonyl (C=O) groups is 1. The fraction of sp³-hybridized carbons (Fsp3) is 0.550. The third kappa shape index (κ3) is 3.51. The number of aryl methyl sites for hydroxylation is 1. The van der Waals surface area contributed by atoms with Crippen LogP contribution in [0.2, 0.25) is 0 Å². The van der Waals surface area contributed by atoms with Crippen LogP contribution < -0.4 is 0 Å². The predicted molar refractivity (Wildman–Crippen MR) is 99.0 cm³/mol. The van der Waals surface area contributed by atoms with Crippen LogP contribution in [-0.2, 0) is 24.9 Å². The third-order valence-electron chi connectivity index (χ3n) is 5.92. The minimum absolute atomic E-state index is 0.142. The maximum absolute atomic E-state index is 13.2. The van der Waals surface area contributed by atoms with Crippen LogP contribution in [0.5, 0.6) is 0 Å². The van der Waals surface area contributed by atoms with E-state index in [1.807, 2.05) is 35.0 Å². The van der Waals surface area contributed by atoms with Gasteiger partial charge in [0.25, 0.3) is 0 Å². The molecule has 2 aromatic heterocycles. The second-order valence-electron chi connectivity index (χ2n) is 7.76. The van der Waals surface area contributed by atoms with Crippen molar-refractivity contribution in [3.8, 4) is 0 Å². The molecule has 26 heavy (non-hydrogen) atoms. The highest BCUT2D eigenvalue weighted by molar-refractivity contribution is 5.84. The summed E-state index contributed by atoms with van der Waals surface area (Å²) in [5, 5.41) is 4.26. The molecule has 1 amide bonds. The first-order valence-corrected chi connectivity index (χ1v) is 9.53. The van der Waals surface area contributed by atoms with Crippen molar-refractivity contribution in [2.45, 2.75) is 38.8 Å². The summed E-state index contributed by atoms with van der Waals surface area (Å²) in [5.41, 5.74) is 2.27. The number of likely N-dealkylation sites (tertiary alicyclic amines) is 2. The van der Waals surface area contributed by atoms with E-state index in [4.69, 9.17) is 0 Å². The molecule has 6 nitrogen and oxygen atoms in total. The summed E-state index contributed by atoms with van der Waals surface area (Å²) in [6.07, 6.45) is 11.7. The van der Waals surface area contributed by atoms with E-state index in [2.05, 4.69) is 21.2 Å². The molecule has 138 valence electrons. The average Bonchev–Trinajstić information content (AvgIpc) is 3.10. The highest BCUT2D eigenvalue weighted by Gasteiger charge is 2.46. The van der Waals surface area contributed by atoms with Crippen LogP contribution in [0.15, 0.2) is 36.9 Å². The summed E-state index contributed by atoms with van der Waals surface area (Å²) in [7, 11) is 1.95. The lowest BCUT2D eigenvalue weighted by Crippen LogP contribution is -2.35. The van der Waals surface area contributed by atoms with Crippen LogP contribution in [0.4, 0.5) is 0 Å². The lowest BCUT2D eigenvalue weighted by Gasteiger charge is -2.27. The van der Waals surface area contributed by atoms with Crippen molar-refractivity contribution in [1.29, 1.82) is 0 Å². The summed E-state index contributed by atoms with van der Waals surface area (Å²) >= 11 is 0. The van der Waals surface area contributed by atoms with Crippen molar-refractivity contribution in [1.82, 2.24) is 24.6 Å². The lowest BCUT2D eigenvalue weighted by molar-refractivity contribution is -0.137. The SMILES string of the molecule is Cn1cc(CN2CCCC3(CC2)CCN(Cc2ccncc2)C3=O)cn1. The van der Waals surface area contributed by atoms with Crippen LogP contribution in [0, 0.1) is 5.41 Å². The number of hydrogen-bond acceptors (Lipinski definition) is 4. The quantitative estimate of drug-likeness (QED) is 0.846. The zero-order chi connectivity index (χ0) is 18.0. The molecule has 2 fully saturated rings. The normalized spacial score (nSPS) is 24.3. The van der Waals surface area contributed by atoms with E-state index in [1.165, 1.54) is 5.56 Å². The molecule has 0 radical (unpaired) electrons. The zero-order valence-electron chi connectivity index (χ0n) is 15.5. The van der Waals surface area contributed by atoms with Gasteiger partial charge in [-0.05, 0) is 56.5 Å². The molecule has 0 saturated carbocycles. The van der Waals surface area contributed by atoms with Crippen LogP contribution in [0.3, 0.4) is 0 Å². The van der Waals surface area contributed by atoms with Crippen molar-refractivity contribution in [2.75, 3.05) is 19.6 Å². The molecular formula is C20H27N5O. The van der Waals surface area contributed by atoms with Gasteiger partial charge in [-0.3, -0.25) is 19.4 Å². The Labute approximate surface area is 154 Å². The summed E-state index contributed by atoms with van der Waals surface area (Å²) in [6, 6.07) is 4.00. The van der Waals surface area contributed by atoms with Crippen LogP contribution >= 0.6 is 0 Å². The van der Waals surface area contributed by atoms with Gasteiger partial charge in [0.1, 0.15) is 0 Å². The van der Waals surface area contributed by atoms with Crippen LogP contribution in [-0.4, -0.2) is 50.1 Å². The lowest BCUT2D eigenvalue weighted by atomic mass is 9.79. The van der Waals surface area contributed by atoms with Crippen molar-refractivity contribution in [3.63, 3.8) is 0 Å². The Morgan fingerprint density at radius 3 is 2.62 bits per heavy atom. The monoisotopic (exact) mass is 353 g/mol. The number of nitrogens with zero attached hydrogens (tertiary/aromatic N) is 5. The molecule has 0 aliphatic carbocycles. The fourth-order valence-corrected chi connectivity index (χ4v) is 4.44. The van der Waals surface area contributed by atoms with E-state index < -0.39 is 0 Å². The van der Waals surface area contributed by atoms with Crippen LogP contribution in [0.25, 0.3) is 0 Å². The van der Waals surface area contributed by atoms with Gasteiger partial charge in [-0.25, -0.2) is 0 Å². The highest BCUT2D eigenvalue weighted by Crippen LogP contribution is 2.42. The Morgan fingerprint density at radius 1 is 1.04 bits per heavy atom. The topological polar surface area (TPSA) is 54.3 Å². The van der Waals surface area contributed by atoms with E-state index in [-0.39, 0.29) is 5.41 Å². The van der Waals surface area contributed by atoms with Crippen LogP contribution in [0.1, 0.15) is 36.8 Å². The molecule has 2 aromatic rings. The van der Waals surface area contributed by atoms with Crippen molar-refractivity contribution in [2.24, 2.45) is 12.5 Å².